The molecule has 0 radical (unpaired) electrons. The Kier molecular flexibility index (Phi) is 6.95. The van der Waals surface area contributed by atoms with E-state index in [1.807, 2.05) is 73.8 Å². The molecule has 1 amide bonds. The molecule has 0 fully saturated rings. The molecule has 0 saturated carbocycles. The quantitative estimate of drug-likeness (QED) is 0.427. The number of benzene rings is 2. The van der Waals surface area contributed by atoms with Crippen LogP contribution in [-0.4, -0.2) is 40.5 Å². The number of anilines is 2. The Morgan fingerprint density at radius 2 is 1.90 bits per heavy atom. The second kappa shape index (κ2) is 9.63. The zero-order valence-corrected chi connectivity index (χ0v) is 18.7. The molecular formula is C23H27N5OS. The predicted molar refractivity (Wildman–Crippen MR) is 125 cm³/mol. The lowest BCUT2D eigenvalue weighted by atomic mass is 10.1. The maximum Gasteiger partial charge on any atom is 0.234 e. The third-order valence-corrected chi connectivity index (χ3v) is 5.45. The minimum absolute atomic E-state index is 0.0747. The summed E-state index contributed by atoms with van der Waals surface area (Å²) < 4.78 is 1.98. The highest BCUT2D eigenvalue weighted by Gasteiger charge is 2.16. The van der Waals surface area contributed by atoms with Gasteiger partial charge < -0.3 is 10.2 Å². The molecular weight excluding hydrogens is 394 g/mol. The summed E-state index contributed by atoms with van der Waals surface area (Å²) in [6.07, 6.45) is 1.81. The number of carbonyl (C=O) groups excluding carboxylic acids is 1. The van der Waals surface area contributed by atoms with Gasteiger partial charge in [0.1, 0.15) is 0 Å². The van der Waals surface area contributed by atoms with Crippen LogP contribution in [0.4, 0.5) is 11.4 Å². The van der Waals surface area contributed by atoms with Gasteiger partial charge >= 0.3 is 0 Å². The first kappa shape index (κ1) is 21.6. The van der Waals surface area contributed by atoms with Crippen molar-refractivity contribution < 1.29 is 4.79 Å². The van der Waals surface area contributed by atoms with Crippen LogP contribution in [-0.2, 0) is 11.3 Å². The molecule has 1 heterocycles. The summed E-state index contributed by atoms with van der Waals surface area (Å²) in [5.74, 6) is 0.935. The molecule has 0 saturated heterocycles. The molecule has 0 spiro atoms. The van der Waals surface area contributed by atoms with Crippen LogP contribution in [0.5, 0.6) is 0 Å². The molecule has 0 bridgehead atoms. The van der Waals surface area contributed by atoms with Gasteiger partial charge in [-0.1, -0.05) is 36.0 Å². The molecule has 0 atom stereocenters. The van der Waals surface area contributed by atoms with Crippen LogP contribution in [0, 0.1) is 13.8 Å². The average molecular weight is 422 g/mol. The maximum atomic E-state index is 12.5. The van der Waals surface area contributed by atoms with Crippen molar-refractivity contribution in [2.45, 2.75) is 25.5 Å². The molecule has 30 heavy (non-hydrogen) atoms. The third-order valence-electron chi connectivity index (χ3n) is 4.49. The molecule has 7 heteroatoms. The fourth-order valence-electron chi connectivity index (χ4n) is 3.20. The smallest absolute Gasteiger partial charge is 0.234 e. The van der Waals surface area contributed by atoms with E-state index in [2.05, 4.69) is 34.2 Å². The molecule has 156 valence electrons. The SMILES string of the molecule is C=CCn1c(SCC(=O)Nc2cc(C)cc(C)c2)nnc1-c1cccc(N(C)C)c1. The monoisotopic (exact) mass is 421 g/mol. The third kappa shape index (κ3) is 5.30. The van der Waals surface area contributed by atoms with Crippen molar-refractivity contribution in [3.05, 3.63) is 66.2 Å². The Hall–Kier alpha value is -3.06. The van der Waals surface area contributed by atoms with Crippen LogP contribution in [0.1, 0.15) is 11.1 Å². The number of rotatable bonds is 8. The first-order valence-electron chi connectivity index (χ1n) is 9.70. The summed E-state index contributed by atoms with van der Waals surface area (Å²) in [4.78, 5) is 14.5. The van der Waals surface area contributed by atoms with Crippen molar-refractivity contribution in [2.75, 3.05) is 30.1 Å². The number of hydrogen-bond donors (Lipinski definition) is 1. The lowest BCUT2D eigenvalue weighted by Crippen LogP contribution is -2.15. The van der Waals surface area contributed by atoms with Gasteiger partial charge in [-0.05, 0) is 49.2 Å². The summed E-state index contributed by atoms with van der Waals surface area (Å²) >= 11 is 1.37. The number of nitrogens with one attached hydrogen (secondary N) is 1. The van der Waals surface area contributed by atoms with Gasteiger partial charge in [0, 0.05) is 37.6 Å². The van der Waals surface area contributed by atoms with Gasteiger partial charge in [-0.25, -0.2) is 0 Å². The average Bonchev–Trinajstić information content (AvgIpc) is 3.08. The second-order valence-corrected chi connectivity index (χ2v) is 8.31. The predicted octanol–water partition coefficient (Wildman–Crippen LogP) is 4.54. The van der Waals surface area contributed by atoms with E-state index in [1.165, 1.54) is 11.8 Å². The molecule has 1 aromatic heterocycles. The molecule has 6 nitrogen and oxygen atoms in total. The van der Waals surface area contributed by atoms with Gasteiger partial charge in [-0.15, -0.1) is 16.8 Å². The van der Waals surface area contributed by atoms with Crippen molar-refractivity contribution in [2.24, 2.45) is 0 Å². The van der Waals surface area contributed by atoms with E-state index in [0.29, 0.717) is 11.7 Å². The van der Waals surface area contributed by atoms with Crippen molar-refractivity contribution in [1.82, 2.24) is 14.8 Å². The Morgan fingerprint density at radius 3 is 2.57 bits per heavy atom. The van der Waals surface area contributed by atoms with Gasteiger partial charge in [-0.2, -0.15) is 0 Å². The second-order valence-electron chi connectivity index (χ2n) is 7.36. The summed E-state index contributed by atoms with van der Waals surface area (Å²) in [6, 6.07) is 14.1. The van der Waals surface area contributed by atoms with Crippen LogP contribution >= 0.6 is 11.8 Å². The van der Waals surface area contributed by atoms with Gasteiger partial charge in [0.2, 0.25) is 5.91 Å². The number of aryl methyl sites for hydroxylation is 2. The van der Waals surface area contributed by atoms with E-state index in [4.69, 9.17) is 0 Å². The van der Waals surface area contributed by atoms with Gasteiger partial charge in [-0.3, -0.25) is 9.36 Å². The summed E-state index contributed by atoms with van der Waals surface area (Å²) in [5, 5.41) is 12.4. The highest BCUT2D eigenvalue weighted by atomic mass is 32.2. The molecule has 0 aliphatic rings. The zero-order chi connectivity index (χ0) is 21.7. The van der Waals surface area contributed by atoms with E-state index >= 15 is 0 Å². The van der Waals surface area contributed by atoms with Crippen LogP contribution in [0.2, 0.25) is 0 Å². The standard InChI is InChI=1S/C23H27N5OS/c1-6-10-28-22(18-8-7-9-20(14-18)27(4)5)25-26-23(28)30-15-21(29)24-19-12-16(2)11-17(3)13-19/h6-9,11-14H,1,10,15H2,2-5H3,(H,24,29). The van der Waals surface area contributed by atoms with Crippen LogP contribution < -0.4 is 10.2 Å². The van der Waals surface area contributed by atoms with Crippen LogP contribution in [0.25, 0.3) is 11.4 Å². The number of amides is 1. The van der Waals surface area contributed by atoms with Crippen molar-refractivity contribution in [3.8, 4) is 11.4 Å². The molecule has 0 unspecified atom stereocenters. The summed E-state index contributed by atoms with van der Waals surface area (Å²) in [6.45, 7) is 8.45. The summed E-state index contributed by atoms with van der Waals surface area (Å²) in [5.41, 5.74) is 5.11. The Balaban J connectivity index is 1.75. The van der Waals surface area contributed by atoms with E-state index in [1.54, 1.807) is 0 Å². The minimum atomic E-state index is -0.0747. The van der Waals surface area contributed by atoms with E-state index in [-0.39, 0.29) is 11.7 Å². The highest BCUT2D eigenvalue weighted by molar-refractivity contribution is 7.99. The lowest BCUT2D eigenvalue weighted by molar-refractivity contribution is -0.113. The minimum Gasteiger partial charge on any atom is -0.378 e. The van der Waals surface area contributed by atoms with Crippen LogP contribution in [0.3, 0.4) is 0 Å². The van der Waals surface area contributed by atoms with Crippen molar-refractivity contribution in [1.29, 1.82) is 0 Å². The van der Waals surface area contributed by atoms with E-state index < -0.39 is 0 Å². The van der Waals surface area contributed by atoms with Gasteiger partial charge in [0.25, 0.3) is 0 Å². The van der Waals surface area contributed by atoms with Gasteiger partial charge in [0.05, 0.1) is 5.75 Å². The first-order chi connectivity index (χ1) is 14.4. The lowest BCUT2D eigenvalue weighted by Gasteiger charge is -2.14. The molecule has 0 aliphatic carbocycles. The van der Waals surface area contributed by atoms with Gasteiger partial charge in [0.15, 0.2) is 11.0 Å². The molecule has 3 rings (SSSR count). The fourth-order valence-corrected chi connectivity index (χ4v) is 3.95. The first-order valence-corrected chi connectivity index (χ1v) is 10.7. The normalized spacial score (nSPS) is 10.7. The number of nitrogens with zero attached hydrogens (tertiary/aromatic N) is 4. The van der Waals surface area contributed by atoms with Crippen molar-refractivity contribution >= 4 is 29.0 Å². The molecule has 0 aliphatic heterocycles. The van der Waals surface area contributed by atoms with Crippen LogP contribution in [0.15, 0.2) is 60.3 Å². The van der Waals surface area contributed by atoms with E-state index in [0.717, 1.165) is 33.9 Å². The maximum absolute atomic E-state index is 12.5. The molecule has 2 aromatic carbocycles. The Morgan fingerprint density at radius 1 is 1.17 bits per heavy atom. The number of hydrogen-bond acceptors (Lipinski definition) is 5. The Bertz CT molecular complexity index is 1040. The highest BCUT2D eigenvalue weighted by Crippen LogP contribution is 2.27. The topological polar surface area (TPSA) is 63.1 Å². The van der Waals surface area contributed by atoms with E-state index in [9.17, 15) is 4.79 Å². The number of thioether (sulfide) groups is 1. The zero-order valence-electron chi connectivity index (χ0n) is 17.8. The number of carbonyl (C=O) groups is 1. The summed E-state index contributed by atoms with van der Waals surface area (Å²) in [7, 11) is 4.01. The number of allylic oxidation sites excluding steroid dienone is 1. The van der Waals surface area contributed by atoms with Crippen molar-refractivity contribution in [3.63, 3.8) is 0 Å². The fraction of sp³-hybridized carbons (Fsp3) is 0.261. The number of aromatic nitrogens is 3. The Labute approximate surface area is 182 Å². The molecule has 3 aromatic rings. The molecule has 1 N–H and O–H groups in total. The largest absolute Gasteiger partial charge is 0.378 e.